The van der Waals surface area contributed by atoms with Gasteiger partial charge in [0, 0.05) is 19.2 Å². The van der Waals surface area contributed by atoms with Gasteiger partial charge in [0.05, 0.1) is 24.8 Å². The Labute approximate surface area is 148 Å². The summed E-state index contributed by atoms with van der Waals surface area (Å²) in [6.45, 7) is 7.32. The molecule has 0 radical (unpaired) electrons. The van der Waals surface area contributed by atoms with Gasteiger partial charge in [0.2, 0.25) is 5.91 Å². The van der Waals surface area contributed by atoms with Crippen LogP contribution in [-0.4, -0.2) is 38.9 Å². The SMILES string of the molecule is CCCOc1c(Cl)cc(C=CC(=O)NC(C)COC)cc1OCC. The minimum Gasteiger partial charge on any atom is -0.490 e. The molecule has 0 aliphatic rings. The predicted molar refractivity (Wildman–Crippen MR) is 96.9 cm³/mol. The van der Waals surface area contributed by atoms with Crippen LogP contribution in [-0.2, 0) is 9.53 Å². The first-order chi connectivity index (χ1) is 11.5. The van der Waals surface area contributed by atoms with E-state index in [0.717, 1.165) is 12.0 Å². The predicted octanol–water partition coefficient (Wildman–Crippen LogP) is 3.69. The molecule has 0 heterocycles. The van der Waals surface area contributed by atoms with E-state index in [9.17, 15) is 4.79 Å². The molecule has 6 heteroatoms. The Morgan fingerprint density at radius 3 is 2.71 bits per heavy atom. The number of ether oxygens (including phenoxy) is 3. The van der Waals surface area contributed by atoms with Crippen molar-refractivity contribution in [3.05, 3.63) is 28.8 Å². The molecule has 1 amide bonds. The Morgan fingerprint density at radius 1 is 1.33 bits per heavy atom. The number of benzene rings is 1. The number of rotatable bonds is 10. The van der Waals surface area contributed by atoms with Crippen molar-refractivity contribution in [2.45, 2.75) is 33.2 Å². The fraction of sp³-hybridized carbons (Fsp3) is 0.500. The lowest BCUT2D eigenvalue weighted by molar-refractivity contribution is -0.117. The van der Waals surface area contributed by atoms with Crippen molar-refractivity contribution >= 4 is 23.6 Å². The molecule has 5 nitrogen and oxygen atoms in total. The number of hydrogen-bond donors (Lipinski definition) is 1. The maximum atomic E-state index is 11.9. The highest BCUT2D eigenvalue weighted by Gasteiger charge is 2.12. The van der Waals surface area contributed by atoms with E-state index in [4.69, 9.17) is 25.8 Å². The first-order valence-corrected chi connectivity index (χ1v) is 8.46. The molecule has 134 valence electrons. The summed E-state index contributed by atoms with van der Waals surface area (Å²) in [6.07, 6.45) is 4.02. The van der Waals surface area contributed by atoms with Crippen molar-refractivity contribution in [3.8, 4) is 11.5 Å². The molecule has 1 unspecified atom stereocenters. The van der Waals surface area contributed by atoms with E-state index in [1.54, 1.807) is 19.3 Å². The Balaban J connectivity index is 2.88. The van der Waals surface area contributed by atoms with Crippen molar-refractivity contribution in [2.24, 2.45) is 0 Å². The van der Waals surface area contributed by atoms with E-state index in [1.165, 1.54) is 6.08 Å². The maximum Gasteiger partial charge on any atom is 0.244 e. The molecule has 0 saturated carbocycles. The van der Waals surface area contributed by atoms with Gasteiger partial charge in [-0.15, -0.1) is 0 Å². The molecule has 24 heavy (non-hydrogen) atoms. The monoisotopic (exact) mass is 355 g/mol. The second kappa shape index (κ2) is 10.9. The van der Waals surface area contributed by atoms with Gasteiger partial charge < -0.3 is 19.5 Å². The molecular weight excluding hydrogens is 330 g/mol. The van der Waals surface area contributed by atoms with Crippen LogP contribution in [0.15, 0.2) is 18.2 Å². The van der Waals surface area contributed by atoms with Crippen LogP contribution in [0.3, 0.4) is 0 Å². The minimum atomic E-state index is -0.194. The van der Waals surface area contributed by atoms with Gasteiger partial charge in [-0.25, -0.2) is 0 Å². The van der Waals surface area contributed by atoms with Crippen LogP contribution in [0.25, 0.3) is 6.08 Å². The average molecular weight is 356 g/mol. The number of amides is 1. The third kappa shape index (κ3) is 6.81. The molecule has 0 aliphatic heterocycles. The highest BCUT2D eigenvalue weighted by atomic mass is 35.5. The molecular formula is C18H26ClNO4. The summed E-state index contributed by atoms with van der Waals surface area (Å²) in [5, 5.41) is 3.27. The molecule has 0 saturated heterocycles. The van der Waals surface area contributed by atoms with Crippen LogP contribution in [0, 0.1) is 0 Å². The number of carbonyl (C=O) groups is 1. The zero-order chi connectivity index (χ0) is 17.9. The largest absolute Gasteiger partial charge is 0.490 e. The second-order valence-corrected chi connectivity index (χ2v) is 5.72. The average Bonchev–Trinajstić information content (AvgIpc) is 2.52. The summed E-state index contributed by atoms with van der Waals surface area (Å²) in [5.74, 6) is 0.918. The first kappa shape index (κ1) is 20.3. The lowest BCUT2D eigenvalue weighted by Gasteiger charge is -2.14. The third-order valence-corrected chi connectivity index (χ3v) is 3.30. The maximum absolute atomic E-state index is 11.9. The van der Waals surface area contributed by atoms with Crippen molar-refractivity contribution in [1.29, 1.82) is 0 Å². The van der Waals surface area contributed by atoms with E-state index < -0.39 is 0 Å². The lowest BCUT2D eigenvalue weighted by atomic mass is 10.1. The standard InChI is InChI=1S/C18H26ClNO4/c1-5-9-24-18-15(19)10-14(11-16(18)23-6-2)7-8-17(21)20-13(3)12-22-4/h7-8,10-11,13H,5-6,9,12H2,1-4H3,(H,20,21). The molecule has 0 spiro atoms. The van der Waals surface area contributed by atoms with Crippen LogP contribution < -0.4 is 14.8 Å². The van der Waals surface area contributed by atoms with Gasteiger partial charge in [-0.3, -0.25) is 4.79 Å². The molecule has 1 atom stereocenters. The number of halogens is 1. The molecule has 1 aromatic carbocycles. The Bertz CT molecular complexity index is 560. The topological polar surface area (TPSA) is 56.8 Å². The van der Waals surface area contributed by atoms with Gasteiger partial charge in [0.25, 0.3) is 0 Å². The van der Waals surface area contributed by atoms with Crippen molar-refractivity contribution < 1.29 is 19.0 Å². The van der Waals surface area contributed by atoms with E-state index in [1.807, 2.05) is 26.8 Å². The lowest BCUT2D eigenvalue weighted by Crippen LogP contribution is -2.34. The summed E-state index contributed by atoms with van der Waals surface area (Å²) in [7, 11) is 1.60. The van der Waals surface area contributed by atoms with Crippen molar-refractivity contribution in [1.82, 2.24) is 5.32 Å². The summed E-state index contributed by atoms with van der Waals surface area (Å²) in [6, 6.07) is 3.50. The van der Waals surface area contributed by atoms with Crippen molar-refractivity contribution in [3.63, 3.8) is 0 Å². The third-order valence-electron chi connectivity index (χ3n) is 3.01. The van der Waals surface area contributed by atoms with Crippen LogP contribution in [0.4, 0.5) is 0 Å². The normalized spacial score (nSPS) is 12.2. The summed E-state index contributed by atoms with van der Waals surface area (Å²) in [5.41, 5.74) is 0.766. The van der Waals surface area contributed by atoms with Gasteiger partial charge in [0.1, 0.15) is 0 Å². The molecule has 0 bridgehead atoms. The van der Waals surface area contributed by atoms with Crippen LogP contribution >= 0.6 is 11.6 Å². The van der Waals surface area contributed by atoms with Gasteiger partial charge in [-0.2, -0.15) is 0 Å². The molecule has 1 rings (SSSR count). The van der Waals surface area contributed by atoms with Crippen LogP contribution in [0.1, 0.15) is 32.8 Å². The van der Waals surface area contributed by atoms with E-state index >= 15 is 0 Å². The molecule has 0 aliphatic carbocycles. The number of hydrogen-bond acceptors (Lipinski definition) is 4. The second-order valence-electron chi connectivity index (χ2n) is 5.31. The fourth-order valence-corrected chi connectivity index (χ4v) is 2.32. The Morgan fingerprint density at radius 2 is 2.08 bits per heavy atom. The van der Waals surface area contributed by atoms with Crippen molar-refractivity contribution in [2.75, 3.05) is 26.9 Å². The van der Waals surface area contributed by atoms with Gasteiger partial charge in [-0.1, -0.05) is 18.5 Å². The Hall–Kier alpha value is -1.72. The summed E-state index contributed by atoms with van der Waals surface area (Å²) >= 11 is 6.29. The van der Waals surface area contributed by atoms with E-state index in [0.29, 0.717) is 36.3 Å². The fourth-order valence-electron chi connectivity index (χ4n) is 2.05. The molecule has 1 N–H and O–H groups in total. The molecule has 0 fully saturated rings. The Kier molecular flexibility index (Phi) is 9.27. The summed E-state index contributed by atoms with van der Waals surface area (Å²) in [4.78, 5) is 11.9. The van der Waals surface area contributed by atoms with Crippen LogP contribution in [0.5, 0.6) is 11.5 Å². The van der Waals surface area contributed by atoms with Gasteiger partial charge in [0.15, 0.2) is 11.5 Å². The first-order valence-electron chi connectivity index (χ1n) is 8.08. The summed E-state index contributed by atoms with van der Waals surface area (Å²) < 4.78 is 16.2. The quantitative estimate of drug-likeness (QED) is 0.650. The van der Waals surface area contributed by atoms with E-state index in [-0.39, 0.29) is 11.9 Å². The highest BCUT2D eigenvalue weighted by Crippen LogP contribution is 2.37. The highest BCUT2D eigenvalue weighted by molar-refractivity contribution is 6.32. The van der Waals surface area contributed by atoms with Gasteiger partial charge >= 0.3 is 0 Å². The smallest absolute Gasteiger partial charge is 0.244 e. The molecule has 1 aromatic rings. The minimum absolute atomic E-state index is 0.0560. The van der Waals surface area contributed by atoms with Gasteiger partial charge in [-0.05, 0) is 44.0 Å². The zero-order valence-electron chi connectivity index (χ0n) is 14.7. The van der Waals surface area contributed by atoms with Crippen LogP contribution in [0.2, 0.25) is 5.02 Å². The number of carbonyl (C=O) groups excluding carboxylic acids is 1. The van der Waals surface area contributed by atoms with E-state index in [2.05, 4.69) is 5.32 Å². The number of methoxy groups -OCH3 is 1. The molecule has 0 aromatic heterocycles. The number of nitrogens with one attached hydrogen (secondary N) is 1. The zero-order valence-corrected chi connectivity index (χ0v) is 15.5.